The molecule has 21 heavy (non-hydrogen) atoms. The highest BCUT2D eigenvalue weighted by molar-refractivity contribution is 6.15. The van der Waals surface area contributed by atoms with E-state index in [0.29, 0.717) is 12.0 Å². The minimum absolute atomic E-state index is 0.0608. The fraction of sp³-hybridized carbons (Fsp3) is 0.267. The number of rotatable bonds is 5. The second-order valence-corrected chi connectivity index (χ2v) is 4.75. The van der Waals surface area contributed by atoms with Crippen molar-refractivity contribution in [3.8, 4) is 0 Å². The van der Waals surface area contributed by atoms with Gasteiger partial charge >= 0.3 is 0 Å². The van der Waals surface area contributed by atoms with Crippen molar-refractivity contribution in [2.24, 2.45) is 0 Å². The number of carbonyl (C=O) groups excluding carboxylic acids is 3. The Hall–Kier alpha value is -2.47. The Balaban J connectivity index is 2.00. The van der Waals surface area contributed by atoms with Crippen molar-refractivity contribution in [3.05, 3.63) is 41.5 Å². The predicted octanol–water partition coefficient (Wildman–Crippen LogP) is 1.11. The van der Waals surface area contributed by atoms with Gasteiger partial charge < -0.3 is 0 Å². The number of hydrogen-bond donors (Lipinski definition) is 2. The summed E-state index contributed by atoms with van der Waals surface area (Å²) >= 11 is 0. The van der Waals surface area contributed by atoms with Crippen molar-refractivity contribution in [2.75, 3.05) is 6.54 Å². The summed E-state index contributed by atoms with van der Waals surface area (Å²) in [7, 11) is 0. The zero-order valence-electron chi connectivity index (χ0n) is 11.4. The molecule has 1 heterocycles. The van der Waals surface area contributed by atoms with Crippen LogP contribution in [0.5, 0.6) is 0 Å². The first-order valence-corrected chi connectivity index (χ1v) is 6.65. The molecule has 0 radical (unpaired) electrons. The Morgan fingerprint density at radius 1 is 1.29 bits per heavy atom. The van der Waals surface area contributed by atoms with E-state index in [0.717, 1.165) is 10.5 Å². The number of hydrogen-bond acceptors (Lipinski definition) is 4. The minimum Gasteiger partial charge on any atom is -0.289 e. The number of amides is 3. The molecule has 1 aromatic rings. The average Bonchev–Trinajstić information content (AvgIpc) is 2.75. The van der Waals surface area contributed by atoms with Crippen LogP contribution in [0.4, 0.5) is 0 Å². The Labute approximate surface area is 122 Å². The van der Waals surface area contributed by atoms with Crippen LogP contribution < -0.4 is 5.48 Å². The lowest BCUT2D eigenvalue weighted by molar-refractivity contribution is -0.138. The fourth-order valence-electron chi connectivity index (χ4n) is 2.16. The van der Waals surface area contributed by atoms with Crippen molar-refractivity contribution in [3.63, 3.8) is 0 Å². The number of hydroxylamine groups is 1. The predicted molar refractivity (Wildman–Crippen MR) is 74.9 cm³/mol. The van der Waals surface area contributed by atoms with E-state index < -0.39 is 5.91 Å². The summed E-state index contributed by atoms with van der Waals surface area (Å²) in [5.74, 6) is -1.10. The number of benzene rings is 1. The van der Waals surface area contributed by atoms with Gasteiger partial charge in [0.1, 0.15) is 0 Å². The van der Waals surface area contributed by atoms with Crippen LogP contribution in [0.15, 0.2) is 35.9 Å². The van der Waals surface area contributed by atoms with Crippen LogP contribution in [0.2, 0.25) is 0 Å². The summed E-state index contributed by atoms with van der Waals surface area (Å²) in [5, 5.41) is 8.38. The molecule has 0 bridgehead atoms. The highest BCUT2D eigenvalue weighted by atomic mass is 16.5. The second-order valence-electron chi connectivity index (χ2n) is 4.75. The van der Waals surface area contributed by atoms with Gasteiger partial charge in [-0.2, -0.15) is 0 Å². The van der Waals surface area contributed by atoms with Crippen LogP contribution in [0, 0.1) is 0 Å². The molecule has 0 atom stereocenters. The maximum absolute atomic E-state index is 12.2. The lowest BCUT2D eigenvalue weighted by Crippen LogP contribution is -2.31. The molecule has 0 aromatic heterocycles. The van der Waals surface area contributed by atoms with Gasteiger partial charge in [-0.3, -0.25) is 24.5 Å². The van der Waals surface area contributed by atoms with E-state index in [1.807, 2.05) is 30.3 Å². The summed E-state index contributed by atoms with van der Waals surface area (Å²) in [4.78, 5) is 36.0. The molecule has 6 heteroatoms. The molecule has 1 aliphatic rings. The summed E-state index contributed by atoms with van der Waals surface area (Å²) in [6, 6.07) is 9.32. The van der Waals surface area contributed by atoms with Gasteiger partial charge in [-0.1, -0.05) is 30.3 Å². The largest absolute Gasteiger partial charge is 0.289 e. The molecule has 0 aliphatic carbocycles. The normalized spacial score (nSPS) is 16.6. The molecule has 0 spiro atoms. The van der Waals surface area contributed by atoms with Gasteiger partial charge in [-0.05, 0) is 18.1 Å². The molecule has 6 nitrogen and oxygen atoms in total. The van der Waals surface area contributed by atoms with Crippen molar-refractivity contribution < 1.29 is 19.6 Å². The average molecular weight is 288 g/mol. The molecule has 0 unspecified atom stereocenters. The standard InChI is InChI=1S/C15H16N2O4/c18-13(16-21)7-4-8-17-14(19)10-12(15(17)20)9-11-5-2-1-3-6-11/h1-3,5-6,9,21H,4,7-8,10H2,(H,16,18). The van der Waals surface area contributed by atoms with Gasteiger partial charge in [0.15, 0.2) is 0 Å². The topological polar surface area (TPSA) is 86.7 Å². The van der Waals surface area contributed by atoms with Gasteiger partial charge in [-0.25, -0.2) is 5.48 Å². The lowest BCUT2D eigenvalue weighted by Gasteiger charge is -2.12. The third-order valence-electron chi connectivity index (χ3n) is 3.21. The molecule has 1 aliphatic heterocycles. The Morgan fingerprint density at radius 2 is 2.00 bits per heavy atom. The van der Waals surface area contributed by atoms with E-state index in [1.54, 1.807) is 6.08 Å². The minimum atomic E-state index is -0.533. The molecular formula is C15H16N2O4. The second kappa shape index (κ2) is 6.81. The smallest absolute Gasteiger partial charge is 0.256 e. The molecule has 110 valence electrons. The van der Waals surface area contributed by atoms with Crippen LogP contribution in [0.25, 0.3) is 6.08 Å². The zero-order chi connectivity index (χ0) is 15.2. The van der Waals surface area contributed by atoms with Gasteiger partial charge in [0.2, 0.25) is 11.8 Å². The van der Waals surface area contributed by atoms with Crippen LogP contribution in [-0.4, -0.2) is 34.4 Å². The highest BCUT2D eigenvalue weighted by Crippen LogP contribution is 2.21. The van der Waals surface area contributed by atoms with Gasteiger partial charge in [0.25, 0.3) is 5.91 Å². The van der Waals surface area contributed by atoms with Crippen molar-refractivity contribution in [2.45, 2.75) is 19.3 Å². The monoisotopic (exact) mass is 288 g/mol. The SMILES string of the molecule is O=C(CCCN1C(=O)CC(=Cc2ccccc2)C1=O)NO. The van der Waals surface area contributed by atoms with Gasteiger partial charge in [0.05, 0.1) is 6.42 Å². The van der Waals surface area contributed by atoms with E-state index in [9.17, 15) is 14.4 Å². The first kappa shape index (κ1) is 14.9. The van der Waals surface area contributed by atoms with Crippen molar-refractivity contribution >= 4 is 23.8 Å². The van der Waals surface area contributed by atoms with Crippen molar-refractivity contribution in [1.29, 1.82) is 0 Å². The van der Waals surface area contributed by atoms with Crippen LogP contribution >= 0.6 is 0 Å². The summed E-state index contributed by atoms with van der Waals surface area (Å²) in [6.45, 7) is 0.178. The Kier molecular flexibility index (Phi) is 4.84. The number of imide groups is 1. The Bertz CT molecular complexity index is 581. The third kappa shape index (κ3) is 3.76. The number of carbonyl (C=O) groups is 3. The first-order chi connectivity index (χ1) is 10.1. The number of nitrogens with zero attached hydrogens (tertiary/aromatic N) is 1. The maximum atomic E-state index is 12.2. The summed E-state index contributed by atoms with van der Waals surface area (Å²) < 4.78 is 0. The molecule has 2 N–H and O–H groups in total. The quantitative estimate of drug-likeness (QED) is 0.368. The summed E-state index contributed by atoms with van der Waals surface area (Å²) in [6.07, 6.45) is 2.17. The van der Waals surface area contributed by atoms with E-state index in [4.69, 9.17) is 5.21 Å². The van der Waals surface area contributed by atoms with Crippen LogP contribution in [0.3, 0.4) is 0 Å². The first-order valence-electron chi connectivity index (χ1n) is 6.65. The fourth-order valence-corrected chi connectivity index (χ4v) is 2.16. The number of likely N-dealkylation sites (tertiary alicyclic amines) is 1. The Morgan fingerprint density at radius 3 is 2.67 bits per heavy atom. The molecule has 1 saturated heterocycles. The zero-order valence-corrected chi connectivity index (χ0v) is 11.4. The van der Waals surface area contributed by atoms with Gasteiger partial charge in [0, 0.05) is 18.5 Å². The van der Waals surface area contributed by atoms with E-state index in [2.05, 4.69) is 0 Å². The maximum Gasteiger partial charge on any atom is 0.256 e. The molecule has 1 fully saturated rings. The molecule has 3 amide bonds. The molecule has 0 saturated carbocycles. The number of nitrogens with one attached hydrogen (secondary N) is 1. The highest BCUT2D eigenvalue weighted by Gasteiger charge is 2.33. The van der Waals surface area contributed by atoms with E-state index >= 15 is 0 Å². The van der Waals surface area contributed by atoms with E-state index in [-0.39, 0.29) is 31.2 Å². The lowest BCUT2D eigenvalue weighted by atomic mass is 10.1. The third-order valence-corrected chi connectivity index (χ3v) is 3.21. The molecule has 1 aromatic carbocycles. The molecular weight excluding hydrogens is 272 g/mol. The van der Waals surface area contributed by atoms with Crippen molar-refractivity contribution in [1.82, 2.24) is 10.4 Å². The van der Waals surface area contributed by atoms with E-state index in [1.165, 1.54) is 5.48 Å². The van der Waals surface area contributed by atoms with Crippen LogP contribution in [-0.2, 0) is 14.4 Å². The summed E-state index contributed by atoms with van der Waals surface area (Å²) in [5.41, 5.74) is 2.84. The van der Waals surface area contributed by atoms with Gasteiger partial charge in [-0.15, -0.1) is 0 Å². The van der Waals surface area contributed by atoms with Crippen LogP contribution in [0.1, 0.15) is 24.8 Å². The molecule has 2 rings (SSSR count).